The molecule has 0 unspecified atom stereocenters. The van der Waals surface area contributed by atoms with E-state index in [1.165, 1.54) is 18.3 Å². The normalized spacial score (nSPS) is 10.4. The fraction of sp³-hybridized carbons (Fsp3) is 0.200. The lowest BCUT2D eigenvalue weighted by molar-refractivity contribution is -0.385. The molecule has 0 radical (unpaired) electrons. The number of nitro groups is 1. The van der Waals surface area contributed by atoms with Crippen LogP contribution in [0.5, 0.6) is 0 Å². The average Bonchev–Trinajstić information content (AvgIpc) is 2.71. The van der Waals surface area contributed by atoms with E-state index in [-0.39, 0.29) is 23.1 Å². The number of nitrogens with two attached hydrogens (primary N) is 1. The smallest absolute Gasteiger partial charge is 0.332 e. The molecule has 2 aromatic heterocycles. The number of nitrogen functional groups attached to an aromatic ring is 1. The summed E-state index contributed by atoms with van der Waals surface area (Å²) in [5.41, 5.74) is 5.61. The van der Waals surface area contributed by atoms with Crippen molar-refractivity contribution in [2.45, 2.75) is 13.5 Å². The number of aromatic nitrogens is 2. The number of hydrogen-bond acceptors (Lipinski definition) is 7. The first-order valence-corrected chi connectivity index (χ1v) is 6.90. The predicted octanol–water partition coefficient (Wildman–Crippen LogP) is 2.71. The first-order valence-electron chi connectivity index (χ1n) is 5.22. The fourth-order valence-electron chi connectivity index (χ4n) is 1.55. The van der Waals surface area contributed by atoms with Crippen LogP contribution in [-0.4, -0.2) is 14.9 Å². The molecule has 2 heterocycles. The fourth-order valence-corrected chi connectivity index (χ4v) is 2.94. The third-order valence-corrected chi connectivity index (χ3v) is 4.01. The molecule has 0 aliphatic carbocycles. The predicted molar refractivity (Wildman–Crippen MR) is 77.2 cm³/mol. The van der Waals surface area contributed by atoms with Crippen molar-refractivity contribution >= 4 is 44.7 Å². The number of nitrogens with one attached hydrogen (secondary N) is 1. The standard InChI is InChI=1S/C10H10BrN5O2S/c1-5-8(16(17)18)9(15-10(12)14-5)13-3-7-2-6(11)4-19-7/h2,4H,3H2,1H3,(H3,12,13,14,15). The zero-order valence-electron chi connectivity index (χ0n) is 9.88. The second kappa shape index (κ2) is 5.49. The number of anilines is 2. The molecule has 2 rings (SSSR count). The lowest BCUT2D eigenvalue weighted by Crippen LogP contribution is -2.09. The van der Waals surface area contributed by atoms with Crippen molar-refractivity contribution in [3.63, 3.8) is 0 Å². The highest BCUT2D eigenvalue weighted by molar-refractivity contribution is 9.10. The number of hydrogen-bond donors (Lipinski definition) is 2. The molecular formula is C10H10BrN5O2S. The molecule has 0 aliphatic rings. The van der Waals surface area contributed by atoms with Gasteiger partial charge in [-0.1, -0.05) is 0 Å². The van der Waals surface area contributed by atoms with Gasteiger partial charge in [0.15, 0.2) is 0 Å². The summed E-state index contributed by atoms with van der Waals surface area (Å²) in [6.45, 7) is 1.97. The van der Waals surface area contributed by atoms with Crippen LogP contribution in [0.3, 0.4) is 0 Å². The van der Waals surface area contributed by atoms with E-state index in [2.05, 4.69) is 31.2 Å². The summed E-state index contributed by atoms with van der Waals surface area (Å²) in [6.07, 6.45) is 0. The van der Waals surface area contributed by atoms with Gasteiger partial charge in [0.2, 0.25) is 11.8 Å². The van der Waals surface area contributed by atoms with Crippen LogP contribution in [-0.2, 0) is 6.54 Å². The molecule has 0 aliphatic heterocycles. The molecule has 0 saturated heterocycles. The van der Waals surface area contributed by atoms with Gasteiger partial charge in [-0.05, 0) is 28.9 Å². The van der Waals surface area contributed by atoms with Gasteiger partial charge < -0.3 is 11.1 Å². The summed E-state index contributed by atoms with van der Waals surface area (Å²) in [7, 11) is 0. The summed E-state index contributed by atoms with van der Waals surface area (Å²) in [5, 5.41) is 15.9. The van der Waals surface area contributed by atoms with Gasteiger partial charge in [-0.15, -0.1) is 11.3 Å². The molecule has 0 amide bonds. The molecule has 7 nitrogen and oxygen atoms in total. The molecule has 0 saturated carbocycles. The Balaban J connectivity index is 2.26. The number of halogens is 1. The van der Waals surface area contributed by atoms with Crippen LogP contribution in [0.25, 0.3) is 0 Å². The molecular weight excluding hydrogens is 334 g/mol. The highest BCUT2D eigenvalue weighted by atomic mass is 79.9. The Labute approximate surface area is 121 Å². The first kappa shape index (κ1) is 13.7. The summed E-state index contributed by atoms with van der Waals surface area (Å²) in [6, 6.07) is 1.93. The molecule has 19 heavy (non-hydrogen) atoms. The Bertz CT molecular complexity index is 630. The van der Waals surface area contributed by atoms with Crippen LogP contribution in [0.4, 0.5) is 17.5 Å². The summed E-state index contributed by atoms with van der Waals surface area (Å²) >= 11 is 4.89. The third kappa shape index (κ3) is 3.18. The molecule has 100 valence electrons. The Kier molecular flexibility index (Phi) is 3.96. The topological polar surface area (TPSA) is 107 Å². The Morgan fingerprint density at radius 3 is 2.89 bits per heavy atom. The minimum atomic E-state index is -0.512. The molecule has 0 bridgehead atoms. The van der Waals surface area contributed by atoms with Gasteiger partial charge in [-0.2, -0.15) is 4.98 Å². The number of nitrogens with zero attached hydrogens (tertiary/aromatic N) is 3. The van der Waals surface area contributed by atoms with Crippen LogP contribution >= 0.6 is 27.3 Å². The van der Waals surface area contributed by atoms with E-state index in [4.69, 9.17) is 5.73 Å². The highest BCUT2D eigenvalue weighted by Crippen LogP contribution is 2.27. The van der Waals surface area contributed by atoms with Crippen molar-refractivity contribution in [2.75, 3.05) is 11.1 Å². The molecule has 3 N–H and O–H groups in total. The zero-order chi connectivity index (χ0) is 14.0. The zero-order valence-corrected chi connectivity index (χ0v) is 12.3. The van der Waals surface area contributed by atoms with E-state index in [1.54, 1.807) is 0 Å². The van der Waals surface area contributed by atoms with E-state index < -0.39 is 4.92 Å². The van der Waals surface area contributed by atoms with E-state index >= 15 is 0 Å². The minimum Gasteiger partial charge on any atom is -0.368 e. The molecule has 0 fully saturated rings. The van der Waals surface area contributed by atoms with Gasteiger partial charge in [0.25, 0.3) is 0 Å². The van der Waals surface area contributed by atoms with E-state index in [1.807, 2.05) is 11.4 Å². The lowest BCUT2D eigenvalue weighted by atomic mass is 10.3. The van der Waals surface area contributed by atoms with Gasteiger partial charge in [0.1, 0.15) is 5.69 Å². The maximum Gasteiger partial charge on any atom is 0.332 e. The Morgan fingerprint density at radius 1 is 1.58 bits per heavy atom. The summed E-state index contributed by atoms with van der Waals surface area (Å²) in [5.74, 6) is 0.150. The maximum atomic E-state index is 11.0. The Morgan fingerprint density at radius 2 is 2.32 bits per heavy atom. The highest BCUT2D eigenvalue weighted by Gasteiger charge is 2.21. The van der Waals surface area contributed by atoms with Crippen LogP contribution in [0.2, 0.25) is 0 Å². The van der Waals surface area contributed by atoms with E-state index in [0.29, 0.717) is 6.54 Å². The minimum absolute atomic E-state index is 0.0120. The van der Waals surface area contributed by atoms with Crippen molar-refractivity contribution in [1.82, 2.24) is 9.97 Å². The van der Waals surface area contributed by atoms with Crippen molar-refractivity contribution < 1.29 is 4.92 Å². The van der Waals surface area contributed by atoms with Gasteiger partial charge in [-0.3, -0.25) is 10.1 Å². The van der Waals surface area contributed by atoms with Crippen LogP contribution in [0.15, 0.2) is 15.9 Å². The third-order valence-electron chi connectivity index (χ3n) is 2.31. The molecule has 0 aromatic carbocycles. The second-order valence-corrected chi connectivity index (χ2v) is 5.62. The van der Waals surface area contributed by atoms with E-state index in [9.17, 15) is 10.1 Å². The van der Waals surface area contributed by atoms with Gasteiger partial charge >= 0.3 is 5.69 Å². The quantitative estimate of drug-likeness (QED) is 0.652. The molecule has 0 atom stereocenters. The Hall–Kier alpha value is -1.74. The summed E-state index contributed by atoms with van der Waals surface area (Å²) in [4.78, 5) is 19.2. The number of thiophene rings is 1. The molecule has 9 heteroatoms. The lowest BCUT2D eigenvalue weighted by Gasteiger charge is -2.07. The van der Waals surface area contributed by atoms with E-state index in [0.717, 1.165) is 9.35 Å². The molecule has 0 spiro atoms. The van der Waals surface area contributed by atoms with Crippen molar-refractivity contribution in [3.8, 4) is 0 Å². The largest absolute Gasteiger partial charge is 0.368 e. The van der Waals surface area contributed by atoms with Crippen LogP contribution in [0.1, 0.15) is 10.6 Å². The maximum absolute atomic E-state index is 11.0. The van der Waals surface area contributed by atoms with Gasteiger partial charge in [0, 0.05) is 14.7 Å². The van der Waals surface area contributed by atoms with Crippen LogP contribution in [0, 0.1) is 17.0 Å². The van der Waals surface area contributed by atoms with Crippen molar-refractivity contribution in [3.05, 3.63) is 36.6 Å². The van der Waals surface area contributed by atoms with Crippen molar-refractivity contribution in [2.24, 2.45) is 0 Å². The first-order chi connectivity index (χ1) is 8.97. The SMILES string of the molecule is Cc1nc(N)nc(NCc2cc(Br)cs2)c1[N+](=O)[O-]. The molecule has 2 aromatic rings. The van der Waals surface area contributed by atoms with Gasteiger partial charge in [0.05, 0.1) is 11.5 Å². The van der Waals surface area contributed by atoms with Crippen molar-refractivity contribution in [1.29, 1.82) is 0 Å². The second-order valence-electron chi connectivity index (χ2n) is 3.71. The number of aryl methyl sites for hydroxylation is 1. The number of rotatable bonds is 4. The van der Waals surface area contributed by atoms with Crippen LogP contribution < -0.4 is 11.1 Å². The monoisotopic (exact) mass is 343 g/mol. The van der Waals surface area contributed by atoms with Gasteiger partial charge in [-0.25, -0.2) is 4.98 Å². The average molecular weight is 344 g/mol. The summed E-state index contributed by atoms with van der Waals surface area (Å²) < 4.78 is 0.974.